The SMILES string of the molecule is COc1cc(Br)ccc1C(=O)N(N)C(=O)c1ccc(Br)cc1OC. The molecule has 0 fully saturated rings. The minimum absolute atomic E-state index is 0.174. The van der Waals surface area contributed by atoms with Gasteiger partial charge in [0.1, 0.15) is 11.5 Å². The van der Waals surface area contributed by atoms with Crippen molar-refractivity contribution in [3.05, 3.63) is 56.5 Å². The number of ether oxygens (including phenoxy) is 2. The summed E-state index contributed by atoms with van der Waals surface area (Å²) in [7, 11) is 2.86. The molecule has 24 heavy (non-hydrogen) atoms. The molecule has 0 spiro atoms. The maximum atomic E-state index is 12.6. The summed E-state index contributed by atoms with van der Waals surface area (Å²) in [4.78, 5) is 25.1. The van der Waals surface area contributed by atoms with Crippen LogP contribution in [0.5, 0.6) is 11.5 Å². The zero-order valence-corrected chi connectivity index (χ0v) is 16.0. The minimum Gasteiger partial charge on any atom is -0.496 e. The van der Waals surface area contributed by atoms with Crippen molar-refractivity contribution in [1.29, 1.82) is 0 Å². The normalized spacial score (nSPS) is 10.2. The second-order valence-corrected chi connectivity index (χ2v) is 6.50. The number of amides is 2. The fourth-order valence-electron chi connectivity index (χ4n) is 2.04. The highest BCUT2D eigenvalue weighted by Gasteiger charge is 2.26. The smallest absolute Gasteiger partial charge is 0.278 e. The number of benzene rings is 2. The van der Waals surface area contributed by atoms with Gasteiger partial charge in [0, 0.05) is 8.95 Å². The summed E-state index contributed by atoms with van der Waals surface area (Å²) >= 11 is 6.58. The van der Waals surface area contributed by atoms with Crippen LogP contribution in [0.15, 0.2) is 45.3 Å². The number of carbonyl (C=O) groups excluding carboxylic acids is 2. The molecule has 0 atom stereocenters. The van der Waals surface area contributed by atoms with E-state index in [0.717, 1.165) is 8.95 Å². The van der Waals surface area contributed by atoms with Gasteiger partial charge in [0.05, 0.1) is 25.3 Å². The summed E-state index contributed by atoms with van der Waals surface area (Å²) in [5, 5.41) is 0.539. The van der Waals surface area contributed by atoms with Crippen molar-refractivity contribution in [3.8, 4) is 11.5 Å². The summed E-state index contributed by atoms with van der Waals surface area (Å²) < 4.78 is 11.8. The van der Waals surface area contributed by atoms with Gasteiger partial charge in [-0.1, -0.05) is 31.9 Å². The summed E-state index contributed by atoms with van der Waals surface area (Å²) in [6.07, 6.45) is 0. The quantitative estimate of drug-likeness (QED) is 0.329. The number of carbonyl (C=O) groups is 2. The molecule has 0 aliphatic rings. The number of hydrogen-bond donors (Lipinski definition) is 1. The molecule has 0 aliphatic carbocycles. The largest absolute Gasteiger partial charge is 0.496 e. The van der Waals surface area contributed by atoms with E-state index in [-0.39, 0.29) is 11.1 Å². The third kappa shape index (κ3) is 3.77. The van der Waals surface area contributed by atoms with Crippen molar-refractivity contribution in [1.82, 2.24) is 5.01 Å². The first-order valence-corrected chi connectivity index (χ1v) is 8.28. The van der Waals surface area contributed by atoms with Crippen LogP contribution < -0.4 is 15.3 Å². The van der Waals surface area contributed by atoms with Crippen LogP contribution in [0.1, 0.15) is 20.7 Å². The summed E-state index contributed by atoms with van der Waals surface area (Å²) in [6.45, 7) is 0. The zero-order chi connectivity index (χ0) is 17.9. The monoisotopic (exact) mass is 456 g/mol. The van der Waals surface area contributed by atoms with Crippen molar-refractivity contribution in [2.75, 3.05) is 14.2 Å². The van der Waals surface area contributed by atoms with Crippen LogP contribution in [-0.4, -0.2) is 31.0 Å². The van der Waals surface area contributed by atoms with Crippen LogP contribution in [-0.2, 0) is 0 Å². The van der Waals surface area contributed by atoms with E-state index >= 15 is 0 Å². The van der Waals surface area contributed by atoms with Gasteiger partial charge in [0.2, 0.25) is 0 Å². The molecule has 2 aromatic rings. The molecule has 0 heterocycles. The van der Waals surface area contributed by atoms with Gasteiger partial charge < -0.3 is 9.47 Å². The molecule has 2 aromatic carbocycles. The van der Waals surface area contributed by atoms with E-state index in [0.29, 0.717) is 16.5 Å². The van der Waals surface area contributed by atoms with E-state index in [1.165, 1.54) is 26.4 Å². The third-order valence-electron chi connectivity index (χ3n) is 3.23. The molecular weight excluding hydrogens is 444 g/mol. The molecule has 0 saturated heterocycles. The lowest BCUT2D eigenvalue weighted by Crippen LogP contribution is -2.42. The Kier molecular flexibility index (Phi) is 5.98. The first-order valence-electron chi connectivity index (χ1n) is 6.69. The van der Waals surface area contributed by atoms with E-state index in [1.54, 1.807) is 24.3 Å². The van der Waals surface area contributed by atoms with Crippen molar-refractivity contribution < 1.29 is 19.1 Å². The highest BCUT2D eigenvalue weighted by atomic mass is 79.9. The third-order valence-corrected chi connectivity index (χ3v) is 4.21. The van der Waals surface area contributed by atoms with Gasteiger partial charge in [0.15, 0.2) is 0 Å². The molecular formula is C16H14Br2N2O4. The van der Waals surface area contributed by atoms with Gasteiger partial charge in [-0.15, -0.1) is 0 Å². The van der Waals surface area contributed by atoms with Gasteiger partial charge in [-0.25, -0.2) is 10.9 Å². The maximum Gasteiger partial charge on any atom is 0.278 e. The van der Waals surface area contributed by atoms with E-state index in [4.69, 9.17) is 15.3 Å². The highest BCUT2D eigenvalue weighted by Crippen LogP contribution is 2.27. The number of hydrogen-bond acceptors (Lipinski definition) is 5. The van der Waals surface area contributed by atoms with Gasteiger partial charge in [-0.3, -0.25) is 9.59 Å². The second kappa shape index (κ2) is 7.78. The molecule has 0 radical (unpaired) electrons. The molecule has 6 nitrogen and oxygen atoms in total. The summed E-state index contributed by atoms with van der Waals surface area (Å²) in [6, 6.07) is 9.61. The maximum absolute atomic E-state index is 12.6. The lowest BCUT2D eigenvalue weighted by atomic mass is 10.1. The van der Waals surface area contributed by atoms with Crippen LogP contribution in [0.3, 0.4) is 0 Å². The van der Waals surface area contributed by atoms with E-state index in [2.05, 4.69) is 31.9 Å². The Bertz CT molecular complexity index is 730. The number of imide groups is 1. The molecule has 0 unspecified atom stereocenters. The lowest BCUT2D eigenvalue weighted by molar-refractivity contribution is 0.0612. The number of nitrogens with zero attached hydrogens (tertiary/aromatic N) is 1. The fraction of sp³-hybridized carbons (Fsp3) is 0.125. The molecule has 0 aliphatic heterocycles. The first-order chi connectivity index (χ1) is 11.4. The predicted octanol–water partition coefficient (Wildman–Crippen LogP) is 3.39. The standard InChI is InChI=1S/C16H14Br2N2O4/c1-23-13-7-9(17)3-5-11(13)15(21)20(19)16(22)12-6-4-10(18)8-14(12)24-2/h3-8H,19H2,1-2H3. The number of methoxy groups -OCH3 is 2. The Morgan fingerprint density at radius 1 is 0.875 bits per heavy atom. The molecule has 2 rings (SSSR count). The molecule has 8 heteroatoms. The fourth-order valence-corrected chi connectivity index (χ4v) is 2.72. The number of hydrazine groups is 1. The molecule has 0 aromatic heterocycles. The number of nitrogens with two attached hydrogens (primary N) is 1. The summed E-state index contributed by atoms with van der Waals surface area (Å²) in [5.41, 5.74) is 0.347. The average Bonchev–Trinajstić information content (AvgIpc) is 2.59. The molecule has 0 bridgehead atoms. The Morgan fingerprint density at radius 3 is 1.58 bits per heavy atom. The molecule has 0 saturated carbocycles. The zero-order valence-electron chi connectivity index (χ0n) is 12.9. The molecule has 2 amide bonds. The minimum atomic E-state index is -0.686. The Hall–Kier alpha value is -1.90. The topological polar surface area (TPSA) is 81.9 Å². The van der Waals surface area contributed by atoms with Crippen molar-refractivity contribution in [3.63, 3.8) is 0 Å². The van der Waals surface area contributed by atoms with Gasteiger partial charge in [0.25, 0.3) is 11.8 Å². The van der Waals surface area contributed by atoms with E-state index in [1.807, 2.05) is 0 Å². The van der Waals surface area contributed by atoms with Gasteiger partial charge in [-0.2, -0.15) is 0 Å². The van der Waals surface area contributed by atoms with Crippen LogP contribution >= 0.6 is 31.9 Å². The van der Waals surface area contributed by atoms with E-state index < -0.39 is 11.8 Å². The van der Waals surface area contributed by atoms with Gasteiger partial charge >= 0.3 is 0 Å². The molecule has 126 valence electrons. The van der Waals surface area contributed by atoms with Crippen LogP contribution in [0, 0.1) is 0 Å². The highest BCUT2D eigenvalue weighted by molar-refractivity contribution is 9.10. The predicted molar refractivity (Wildman–Crippen MR) is 96.1 cm³/mol. The van der Waals surface area contributed by atoms with E-state index in [9.17, 15) is 9.59 Å². The van der Waals surface area contributed by atoms with Crippen molar-refractivity contribution in [2.24, 2.45) is 5.84 Å². The average molecular weight is 458 g/mol. The first kappa shape index (κ1) is 18.4. The molecule has 2 N–H and O–H groups in total. The summed E-state index contributed by atoms with van der Waals surface area (Å²) in [5.74, 6) is 4.99. The number of rotatable bonds is 4. The lowest BCUT2D eigenvalue weighted by Gasteiger charge is -2.18. The Morgan fingerprint density at radius 2 is 1.25 bits per heavy atom. The van der Waals surface area contributed by atoms with Crippen LogP contribution in [0.4, 0.5) is 0 Å². The van der Waals surface area contributed by atoms with Gasteiger partial charge in [-0.05, 0) is 36.4 Å². The van der Waals surface area contributed by atoms with Crippen LogP contribution in [0.25, 0.3) is 0 Å². The van der Waals surface area contributed by atoms with Crippen LogP contribution in [0.2, 0.25) is 0 Å². The number of halogens is 2. The Labute approximate surface area is 155 Å². The Balaban J connectivity index is 2.36. The second-order valence-electron chi connectivity index (χ2n) is 4.67. The van der Waals surface area contributed by atoms with Crippen molar-refractivity contribution in [2.45, 2.75) is 0 Å². The van der Waals surface area contributed by atoms with Crippen molar-refractivity contribution >= 4 is 43.7 Å².